The predicted octanol–water partition coefficient (Wildman–Crippen LogP) is 1.89. The number of alkyl halides is 1. The second kappa shape index (κ2) is 5.28. The van der Waals surface area contributed by atoms with Gasteiger partial charge >= 0.3 is 5.97 Å². The number of hydrogen-bond donors (Lipinski definition) is 1. The van der Waals surface area contributed by atoms with Crippen LogP contribution in [0.3, 0.4) is 0 Å². The number of carbonyl (C=O) groups excluding carboxylic acids is 1. The summed E-state index contributed by atoms with van der Waals surface area (Å²) in [5, 5.41) is 19.2. The van der Waals surface area contributed by atoms with Gasteiger partial charge in [-0.1, -0.05) is 11.6 Å². The largest absolute Gasteiger partial charge is 0.479 e. The van der Waals surface area contributed by atoms with E-state index in [1.165, 1.54) is 6.07 Å². The molecule has 1 amide bonds. The normalized spacial score (nSPS) is 21.3. The number of carbonyl (C=O) groups is 2. The van der Waals surface area contributed by atoms with Crippen molar-refractivity contribution in [1.29, 1.82) is 0 Å². The van der Waals surface area contributed by atoms with Gasteiger partial charge in [0.15, 0.2) is 0 Å². The zero-order valence-electron chi connectivity index (χ0n) is 10.6. The van der Waals surface area contributed by atoms with Gasteiger partial charge in [0.25, 0.3) is 11.6 Å². The number of carboxylic acid groups (broad SMARTS) is 1. The number of rotatable bonds is 3. The maximum atomic E-state index is 13.9. The van der Waals surface area contributed by atoms with Gasteiger partial charge in [0.2, 0.25) is 5.67 Å². The molecule has 0 bridgehead atoms. The van der Waals surface area contributed by atoms with Gasteiger partial charge < -0.3 is 10.0 Å². The molecule has 0 radical (unpaired) electrons. The number of non-ortho nitro benzene ring substituents is 1. The van der Waals surface area contributed by atoms with Crippen LogP contribution in [0.2, 0.25) is 5.02 Å². The lowest BCUT2D eigenvalue weighted by molar-refractivity contribution is -0.384. The van der Waals surface area contributed by atoms with Crippen molar-refractivity contribution in [1.82, 2.24) is 4.90 Å². The fraction of sp³-hybridized carbons (Fsp3) is 0.333. The standard InChI is InChI=1S/C12H10ClFN2O5/c13-9-5-7(16(20)21)1-2-8(9)10(17)15-4-3-12(14,6-15)11(18)19/h1-2,5H,3-4,6H2,(H,18,19). The summed E-state index contributed by atoms with van der Waals surface area (Å²) in [5.41, 5.74) is -2.77. The Hall–Kier alpha value is -2.22. The Bertz CT molecular complexity index is 638. The molecule has 0 aromatic heterocycles. The molecule has 1 aliphatic rings. The van der Waals surface area contributed by atoms with E-state index in [0.717, 1.165) is 17.0 Å². The van der Waals surface area contributed by atoms with Crippen LogP contribution in [0.5, 0.6) is 0 Å². The molecule has 112 valence electrons. The maximum absolute atomic E-state index is 13.9. The molecule has 0 spiro atoms. The van der Waals surface area contributed by atoms with Gasteiger partial charge in [-0.3, -0.25) is 14.9 Å². The molecular formula is C12H10ClFN2O5. The molecule has 1 aromatic carbocycles. The van der Waals surface area contributed by atoms with Gasteiger partial charge in [-0.05, 0) is 6.07 Å². The predicted molar refractivity (Wildman–Crippen MR) is 70.1 cm³/mol. The molecule has 2 rings (SSSR count). The summed E-state index contributed by atoms with van der Waals surface area (Å²) in [6, 6.07) is 3.29. The Morgan fingerprint density at radius 2 is 2.14 bits per heavy atom. The number of amides is 1. The van der Waals surface area contributed by atoms with E-state index in [-0.39, 0.29) is 29.2 Å². The van der Waals surface area contributed by atoms with E-state index in [4.69, 9.17) is 16.7 Å². The maximum Gasteiger partial charge on any atom is 0.343 e. The number of likely N-dealkylation sites (tertiary alicyclic amines) is 1. The highest BCUT2D eigenvalue weighted by Crippen LogP contribution is 2.29. The summed E-state index contributed by atoms with van der Waals surface area (Å²) in [6.07, 6.45) is -0.307. The van der Waals surface area contributed by atoms with E-state index in [9.17, 15) is 24.1 Å². The zero-order valence-corrected chi connectivity index (χ0v) is 11.3. The van der Waals surface area contributed by atoms with Crippen LogP contribution in [-0.2, 0) is 4.79 Å². The highest BCUT2D eigenvalue weighted by Gasteiger charge is 2.47. The molecular weight excluding hydrogens is 307 g/mol. The van der Waals surface area contributed by atoms with E-state index in [0.29, 0.717) is 0 Å². The Balaban J connectivity index is 2.22. The number of nitro benzene ring substituents is 1. The summed E-state index contributed by atoms with van der Waals surface area (Å²) in [5.74, 6) is -2.27. The quantitative estimate of drug-likeness (QED) is 0.678. The summed E-state index contributed by atoms with van der Waals surface area (Å²) in [6.45, 7) is -0.635. The van der Waals surface area contributed by atoms with Gasteiger partial charge in [-0.25, -0.2) is 9.18 Å². The number of halogens is 2. The van der Waals surface area contributed by atoms with E-state index in [2.05, 4.69) is 0 Å². The number of hydrogen-bond acceptors (Lipinski definition) is 4. The minimum atomic E-state index is -2.47. The molecule has 0 aliphatic carbocycles. The SMILES string of the molecule is O=C(c1ccc([N+](=O)[O-])cc1Cl)N1CCC(F)(C(=O)O)C1. The minimum Gasteiger partial charge on any atom is -0.479 e. The van der Waals surface area contributed by atoms with Crippen LogP contribution >= 0.6 is 11.6 Å². The van der Waals surface area contributed by atoms with E-state index < -0.39 is 29.0 Å². The Morgan fingerprint density at radius 1 is 1.48 bits per heavy atom. The van der Waals surface area contributed by atoms with Gasteiger partial charge in [0.1, 0.15) is 0 Å². The first-order valence-corrected chi connectivity index (χ1v) is 6.28. The Labute approximate surface area is 123 Å². The molecule has 9 heteroatoms. The molecule has 1 N–H and O–H groups in total. The van der Waals surface area contributed by atoms with Crippen LogP contribution in [0.1, 0.15) is 16.8 Å². The highest BCUT2D eigenvalue weighted by atomic mass is 35.5. The van der Waals surface area contributed by atoms with Crippen molar-refractivity contribution < 1.29 is 24.0 Å². The van der Waals surface area contributed by atoms with Gasteiger partial charge in [0.05, 0.1) is 22.1 Å². The van der Waals surface area contributed by atoms with Gasteiger partial charge in [0, 0.05) is 25.1 Å². The number of carboxylic acids is 1. The molecule has 1 aliphatic heterocycles. The van der Waals surface area contributed by atoms with Crippen LogP contribution in [0.25, 0.3) is 0 Å². The summed E-state index contributed by atoms with van der Waals surface area (Å²) in [4.78, 5) is 33.9. The molecule has 7 nitrogen and oxygen atoms in total. The fourth-order valence-electron chi connectivity index (χ4n) is 2.08. The van der Waals surface area contributed by atoms with Crippen LogP contribution in [0.15, 0.2) is 18.2 Å². The second-order valence-electron chi connectivity index (χ2n) is 4.67. The van der Waals surface area contributed by atoms with Crippen molar-refractivity contribution in [3.63, 3.8) is 0 Å². The van der Waals surface area contributed by atoms with Crippen molar-refractivity contribution in [2.75, 3.05) is 13.1 Å². The van der Waals surface area contributed by atoms with Crippen molar-refractivity contribution >= 4 is 29.2 Å². The number of benzene rings is 1. The molecule has 1 aromatic rings. The third-order valence-corrected chi connectivity index (χ3v) is 3.60. The number of aliphatic carboxylic acids is 1. The zero-order chi connectivity index (χ0) is 15.8. The first-order valence-electron chi connectivity index (χ1n) is 5.90. The van der Waals surface area contributed by atoms with E-state index >= 15 is 0 Å². The Morgan fingerprint density at radius 3 is 2.62 bits per heavy atom. The topological polar surface area (TPSA) is 101 Å². The van der Waals surface area contributed by atoms with Crippen molar-refractivity contribution in [2.45, 2.75) is 12.1 Å². The lowest BCUT2D eigenvalue weighted by Gasteiger charge is -2.18. The third-order valence-electron chi connectivity index (χ3n) is 3.28. The number of nitro groups is 1. The van der Waals surface area contributed by atoms with Crippen LogP contribution in [0, 0.1) is 10.1 Å². The first kappa shape index (κ1) is 15.2. The third kappa shape index (κ3) is 2.80. The van der Waals surface area contributed by atoms with Crippen LogP contribution in [0.4, 0.5) is 10.1 Å². The Kier molecular flexibility index (Phi) is 3.82. The molecule has 1 unspecified atom stereocenters. The molecule has 1 heterocycles. The van der Waals surface area contributed by atoms with Crippen molar-refractivity contribution in [2.24, 2.45) is 0 Å². The summed E-state index contributed by atoms with van der Waals surface area (Å²) >= 11 is 5.82. The van der Waals surface area contributed by atoms with Crippen LogP contribution in [-0.4, -0.2) is 45.6 Å². The van der Waals surface area contributed by atoms with Gasteiger partial charge in [-0.15, -0.1) is 0 Å². The fourth-order valence-corrected chi connectivity index (χ4v) is 2.34. The lowest BCUT2D eigenvalue weighted by atomic mass is 10.1. The van der Waals surface area contributed by atoms with Crippen molar-refractivity contribution in [3.05, 3.63) is 38.9 Å². The molecule has 21 heavy (non-hydrogen) atoms. The van der Waals surface area contributed by atoms with Gasteiger partial charge in [-0.2, -0.15) is 0 Å². The summed E-state index contributed by atoms with van der Waals surface area (Å²) in [7, 11) is 0. The minimum absolute atomic E-state index is 0.0306. The monoisotopic (exact) mass is 316 g/mol. The highest BCUT2D eigenvalue weighted by molar-refractivity contribution is 6.34. The molecule has 0 saturated carbocycles. The van der Waals surface area contributed by atoms with Crippen LogP contribution < -0.4 is 0 Å². The molecule has 1 atom stereocenters. The van der Waals surface area contributed by atoms with E-state index in [1.54, 1.807) is 0 Å². The first-order chi connectivity index (χ1) is 9.74. The average Bonchev–Trinajstić information content (AvgIpc) is 2.82. The lowest BCUT2D eigenvalue weighted by Crippen LogP contribution is -2.39. The number of nitrogens with zero attached hydrogens (tertiary/aromatic N) is 2. The van der Waals surface area contributed by atoms with Crippen molar-refractivity contribution in [3.8, 4) is 0 Å². The average molecular weight is 317 g/mol. The molecule has 1 fully saturated rings. The second-order valence-corrected chi connectivity index (χ2v) is 5.08. The summed E-state index contributed by atoms with van der Waals surface area (Å²) < 4.78 is 13.9. The van der Waals surface area contributed by atoms with E-state index in [1.807, 2.05) is 0 Å². The molecule has 1 saturated heterocycles. The smallest absolute Gasteiger partial charge is 0.343 e.